The summed E-state index contributed by atoms with van der Waals surface area (Å²) in [5.74, 6) is -3.81. The summed E-state index contributed by atoms with van der Waals surface area (Å²) in [5.41, 5.74) is 0. The normalized spacial score (nSPS) is 12.5. The second-order valence-corrected chi connectivity index (χ2v) is 2.98. The summed E-state index contributed by atoms with van der Waals surface area (Å²) in [6.45, 7) is 2.18. The molecule has 0 saturated heterocycles. The van der Waals surface area contributed by atoms with E-state index in [1.807, 2.05) is 0 Å². The molecule has 0 fully saturated rings. The van der Waals surface area contributed by atoms with E-state index in [1.165, 1.54) is 0 Å². The number of nitrogens with zero attached hydrogens (tertiary/aromatic N) is 3. The first-order valence-electron chi connectivity index (χ1n) is 3.87. The van der Waals surface area contributed by atoms with E-state index in [0.717, 1.165) is 11.0 Å². The molecular formula is C7H11F2N3O. The van der Waals surface area contributed by atoms with E-state index in [2.05, 4.69) is 10.1 Å². The van der Waals surface area contributed by atoms with Gasteiger partial charge in [-0.25, -0.2) is 9.67 Å². The Balaban J connectivity index is 3.07. The standard InChI is InChI=1S/C7H11F2N3O/c1-5(2)12-6(10-4-11-12)7(8,9)3-13/h4-5,13H,3H2,1-2H3. The average Bonchev–Trinajstić information content (AvgIpc) is 2.52. The van der Waals surface area contributed by atoms with Gasteiger partial charge in [-0.05, 0) is 13.8 Å². The van der Waals surface area contributed by atoms with Gasteiger partial charge in [0.2, 0.25) is 0 Å². The summed E-state index contributed by atoms with van der Waals surface area (Å²) in [4.78, 5) is 3.42. The zero-order chi connectivity index (χ0) is 10.1. The molecular weight excluding hydrogens is 180 g/mol. The van der Waals surface area contributed by atoms with E-state index < -0.39 is 18.4 Å². The monoisotopic (exact) mass is 191 g/mol. The first kappa shape index (κ1) is 10.0. The van der Waals surface area contributed by atoms with Gasteiger partial charge in [0.15, 0.2) is 5.82 Å². The molecule has 13 heavy (non-hydrogen) atoms. The van der Waals surface area contributed by atoms with Crippen LogP contribution in [0.1, 0.15) is 25.7 Å². The van der Waals surface area contributed by atoms with Crippen LogP contribution in [0, 0.1) is 0 Å². The van der Waals surface area contributed by atoms with Crippen LogP contribution >= 0.6 is 0 Å². The van der Waals surface area contributed by atoms with Crippen LogP contribution in [0.2, 0.25) is 0 Å². The van der Waals surface area contributed by atoms with Crippen LogP contribution in [0.15, 0.2) is 6.33 Å². The van der Waals surface area contributed by atoms with E-state index in [9.17, 15) is 8.78 Å². The number of halogens is 2. The Morgan fingerprint density at radius 1 is 1.62 bits per heavy atom. The zero-order valence-corrected chi connectivity index (χ0v) is 7.41. The lowest BCUT2D eigenvalue weighted by Gasteiger charge is -2.15. The van der Waals surface area contributed by atoms with Gasteiger partial charge in [-0.1, -0.05) is 0 Å². The molecule has 1 aromatic rings. The summed E-state index contributed by atoms with van der Waals surface area (Å²) in [6, 6.07) is -0.199. The second-order valence-electron chi connectivity index (χ2n) is 2.98. The third kappa shape index (κ3) is 1.82. The number of aliphatic hydroxyl groups excluding tert-OH is 1. The lowest BCUT2D eigenvalue weighted by atomic mass is 10.3. The molecule has 0 atom stereocenters. The molecule has 0 amide bonds. The lowest BCUT2D eigenvalue weighted by molar-refractivity contribution is -0.0670. The predicted molar refractivity (Wildman–Crippen MR) is 41.4 cm³/mol. The van der Waals surface area contributed by atoms with Gasteiger partial charge in [-0.15, -0.1) is 0 Å². The Morgan fingerprint density at radius 3 is 2.69 bits per heavy atom. The highest BCUT2D eigenvalue weighted by Gasteiger charge is 2.36. The van der Waals surface area contributed by atoms with Gasteiger partial charge in [-0.2, -0.15) is 13.9 Å². The summed E-state index contributed by atoms with van der Waals surface area (Å²) in [7, 11) is 0. The van der Waals surface area contributed by atoms with Crippen molar-refractivity contribution in [2.45, 2.75) is 25.8 Å². The molecule has 0 aliphatic heterocycles. The summed E-state index contributed by atoms with van der Waals surface area (Å²) >= 11 is 0. The minimum atomic E-state index is -3.32. The molecule has 0 aliphatic rings. The Bertz CT molecular complexity index is 285. The second kappa shape index (κ2) is 3.37. The molecule has 0 aromatic carbocycles. The van der Waals surface area contributed by atoms with Crippen molar-refractivity contribution >= 4 is 0 Å². The smallest absolute Gasteiger partial charge is 0.328 e. The van der Waals surface area contributed by atoms with Gasteiger partial charge in [0.05, 0.1) is 0 Å². The minimum absolute atomic E-state index is 0.199. The van der Waals surface area contributed by atoms with E-state index in [4.69, 9.17) is 5.11 Å². The molecule has 4 nitrogen and oxygen atoms in total. The van der Waals surface area contributed by atoms with Crippen molar-refractivity contribution in [3.05, 3.63) is 12.2 Å². The molecule has 6 heteroatoms. The van der Waals surface area contributed by atoms with E-state index in [0.29, 0.717) is 0 Å². The van der Waals surface area contributed by atoms with E-state index in [-0.39, 0.29) is 6.04 Å². The van der Waals surface area contributed by atoms with Crippen molar-refractivity contribution in [2.75, 3.05) is 6.61 Å². The van der Waals surface area contributed by atoms with Gasteiger partial charge in [0.25, 0.3) is 0 Å². The van der Waals surface area contributed by atoms with Crippen LogP contribution in [0.3, 0.4) is 0 Å². The molecule has 0 spiro atoms. The predicted octanol–water partition coefficient (Wildman–Crippen LogP) is 0.943. The van der Waals surface area contributed by atoms with E-state index in [1.54, 1.807) is 13.8 Å². The van der Waals surface area contributed by atoms with Gasteiger partial charge in [-0.3, -0.25) is 0 Å². The number of alkyl halides is 2. The third-order valence-electron chi connectivity index (χ3n) is 1.59. The largest absolute Gasteiger partial charge is 0.390 e. The summed E-state index contributed by atoms with van der Waals surface area (Å²) in [6.07, 6.45) is 1.05. The highest BCUT2D eigenvalue weighted by molar-refractivity contribution is 4.96. The lowest BCUT2D eigenvalue weighted by Crippen LogP contribution is -2.25. The Kier molecular flexibility index (Phi) is 2.60. The third-order valence-corrected chi connectivity index (χ3v) is 1.59. The van der Waals surface area contributed by atoms with Crippen molar-refractivity contribution in [3.8, 4) is 0 Å². The van der Waals surface area contributed by atoms with Crippen LogP contribution in [-0.4, -0.2) is 26.5 Å². The molecule has 0 unspecified atom stereocenters. The van der Waals surface area contributed by atoms with Crippen LogP contribution in [0.25, 0.3) is 0 Å². The number of hydrogen-bond donors (Lipinski definition) is 1. The van der Waals surface area contributed by atoms with Gasteiger partial charge in [0, 0.05) is 6.04 Å². The Morgan fingerprint density at radius 2 is 2.23 bits per heavy atom. The number of rotatable bonds is 3. The molecule has 1 rings (SSSR count). The van der Waals surface area contributed by atoms with Crippen LogP contribution in [-0.2, 0) is 5.92 Å². The molecule has 74 valence electrons. The maximum Gasteiger partial charge on any atom is 0.328 e. The Labute approximate surface area is 74.2 Å². The number of aliphatic hydroxyl groups is 1. The molecule has 1 heterocycles. The number of aromatic nitrogens is 3. The maximum atomic E-state index is 13.0. The van der Waals surface area contributed by atoms with Crippen LogP contribution < -0.4 is 0 Å². The van der Waals surface area contributed by atoms with Gasteiger partial charge < -0.3 is 5.11 Å². The molecule has 0 saturated carbocycles. The first-order valence-corrected chi connectivity index (χ1v) is 3.87. The fourth-order valence-electron chi connectivity index (χ4n) is 0.961. The topological polar surface area (TPSA) is 50.9 Å². The fraction of sp³-hybridized carbons (Fsp3) is 0.714. The minimum Gasteiger partial charge on any atom is -0.390 e. The highest BCUT2D eigenvalue weighted by Crippen LogP contribution is 2.26. The van der Waals surface area contributed by atoms with E-state index >= 15 is 0 Å². The maximum absolute atomic E-state index is 13.0. The molecule has 0 radical (unpaired) electrons. The molecule has 0 aliphatic carbocycles. The van der Waals surface area contributed by atoms with Crippen molar-refractivity contribution < 1.29 is 13.9 Å². The van der Waals surface area contributed by atoms with Crippen LogP contribution in [0.4, 0.5) is 8.78 Å². The van der Waals surface area contributed by atoms with Gasteiger partial charge >= 0.3 is 5.92 Å². The highest BCUT2D eigenvalue weighted by atomic mass is 19.3. The zero-order valence-electron chi connectivity index (χ0n) is 7.41. The fourth-order valence-corrected chi connectivity index (χ4v) is 0.961. The SMILES string of the molecule is CC(C)n1ncnc1C(F)(F)CO. The van der Waals surface area contributed by atoms with Crippen molar-refractivity contribution in [3.63, 3.8) is 0 Å². The Hall–Kier alpha value is -1.04. The van der Waals surface area contributed by atoms with Crippen molar-refractivity contribution in [1.82, 2.24) is 14.8 Å². The van der Waals surface area contributed by atoms with Crippen molar-refractivity contribution in [1.29, 1.82) is 0 Å². The van der Waals surface area contributed by atoms with Crippen LogP contribution in [0.5, 0.6) is 0 Å². The number of hydrogen-bond acceptors (Lipinski definition) is 3. The summed E-state index contributed by atoms with van der Waals surface area (Å²) < 4.78 is 27.0. The summed E-state index contributed by atoms with van der Waals surface area (Å²) in [5, 5.41) is 12.1. The average molecular weight is 191 g/mol. The first-order chi connectivity index (χ1) is 5.99. The molecule has 0 bridgehead atoms. The molecule has 1 N–H and O–H groups in total. The van der Waals surface area contributed by atoms with Gasteiger partial charge in [0.1, 0.15) is 12.9 Å². The quantitative estimate of drug-likeness (QED) is 0.773. The molecule has 1 aromatic heterocycles. The van der Waals surface area contributed by atoms with Crippen molar-refractivity contribution in [2.24, 2.45) is 0 Å².